The van der Waals surface area contributed by atoms with E-state index in [-0.39, 0.29) is 35.8 Å². The Morgan fingerprint density at radius 1 is 0.804 bits per heavy atom. The standard InChI is InChI=1S/C37H51N7O6S/c1-6-22(4)30-37(50)44-17-11-14-28(44)33(47)39-25(18-21(2)3)35-41-27(20-51-35)32(46)38-23(5)31(45)40-26(19-24-12-8-7-9-13-24)36(49)43-16-10-15-29(43)34(48)42-30/h7-9,12-13,20-23,25-26,28-30H,6,10-11,14-19H2,1-5H3,(H,38,46)(H,39,47)(H,40,45)(H,42,48)/t22-,23-,25-,26-,28-,29-,30-/m0/s1. The van der Waals surface area contributed by atoms with Crippen molar-refractivity contribution in [3.8, 4) is 0 Å². The van der Waals surface area contributed by atoms with E-state index in [9.17, 15) is 28.8 Å². The molecule has 0 unspecified atom stereocenters. The van der Waals surface area contributed by atoms with Gasteiger partial charge in [0.1, 0.15) is 40.9 Å². The molecule has 1 aromatic carbocycles. The molecule has 0 spiro atoms. The molecule has 7 atom stereocenters. The summed E-state index contributed by atoms with van der Waals surface area (Å²) in [6.07, 6.45) is 3.43. The summed E-state index contributed by atoms with van der Waals surface area (Å²) in [5, 5.41) is 13.8. The third-order valence-corrected chi connectivity index (χ3v) is 11.1. The Morgan fingerprint density at radius 3 is 2.04 bits per heavy atom. The first-order chi connectivity index (χ1) is 24.4. The lowest BCUT2D eigenvalue weighted by Crippen LogP contribution is -2.60. The highest BCUT2D eigenvalue weighted by Crippen LogP contribution is 2.28. The number of rotatable bonds is 6. The third kappa shape index (κ3) is 8.95. The fourth-order valence-corrected chi connectivity index (χ4v) is 7.98. The number of hydrogen-bond acceptors (Lipinski definition) is 8. The molecule has 2 fully saturated rings. The molecule has 276 valence electrons. The summed E-state index contributed by atoms with van der Waals surface area (Å²) in [4.78, 5) is 90.9. The van der Waals surface area contributed by atoms with Crippen LogP contribution in [0, 0.1) is 11.8 Å². The second-order valence-corrected chi connectivity index (χ2v) is 15.3. The van der Waals surface area contributed by atoms with Gasteiger partial charge < -0.3 is 31.1 Å². The van der Waals surface area contributed by atoms with Crippen molar-refractivity contribution in [2.24, 2.45) is 11.8 Å². The van der Waals surface area contributed by atoms with Gasteiger partial charge in [-0.05, 0) is 56.4 Å². The number of hydrogen-bond donors (Lipinski definition) is 4. The van der Waals surface area contributed by atoms with Crippen molar-refractivity contribution >= 4 is 46.8 Å². The van der Waals surface area contributed by atoms with Gasteiger partial charge in [-0.2, -0.15) is 0 Å². The second-order valence-electron chi connectivity index (χ2n) is 14.5. The molecule has 5 rings (SSSR count). The van der Waals surface area contributed by atoms with Crippen LogP contribution in [0.2, 0.25) is 0 Å². The van der Waals surface area contributed by atoms with E-state index in [1.54, 1.807) is 10.3 Å². The Morgan fingerprint density at radius 2 is 1.41 bits per heavy atom. The molecule has 0 radical (unpaired) electrons. The van der Waals surface area contributed by atoms with E-state index in [0.29, 0.717) is 56.6 Å². The highest BCUT2D eigenvalue weighted by molar-refractivity contribution is 7.09. The first kappa shape index (κ1) is 37.9. The summed E-state index contributed by atoms with van der Waals surface area (Å²) in [6, 6.07) is 4.28. The van der Waals surface area contributed by atoms with Gasteiger partial charge in [0.05, 0.1) is 6.04 Å². The van der Waals surface area contributed by atoms with Crippen LogP contribution in [0.15, 0.2) is 35.7 Å². The maximum absolute atomic E-state index is 14.3. The summed E-state index contributed by atoms with van der Waals surface area (Å²) in [6.45, 7) is 10.1. The van der Waals surface area contributed by atoms with Crippen LogP contribution < -0.4 is 21.3 Å². The van der Waals surface area contributed by atoms with E-state index >= 15 is 0 Å². The highest BCUT2D eigenvalue weighted by atomic mass is 32.1. The minimum absolute atomic E-state index is 0.110. The van der Waals surface area contributed by atoms with Gasteiger partial charge in [0.25, 0.3) is 5.91 Å². The highest BCUT2D eigenvalue weighted by Gasteiger charge is 2.43. The van der Waals surface area contributed by atoms with Gasteiger partial charge in [-0.15, -0.1) is 11.3 Å². The van der Waals surface area contributed by atoms with Crippen molar-refractivity contribution in [1.82, 2.24) is 36.1 Å². The van der Waals surface area contributed by atoms with Crippen LogP contribution in [-0.4, -0.2) is 93.5 Å². The number of thiazole rings is 1. The molecule has 51 heavy (non-hydrogen) atoms. The number of benzene rings is 1. The quantitative estimate of drug-likeness (QED) is 0.356. The largest absolute Gasteiger partial charge is 0.345 e. The van der Waals surface area contributed by atoms with Gasteiger partial charge >= 0.3 is 0 Å². The number of carbonyl (C=O) groups is 6. The van der Waals surface area contributed by atoms with Crippen molar-refractivity contribution in [2.75, 3.05) is 13.1 Å². The van der Waals surface area contributed by atoms with E-state index in [4.69, 9.17) is 0 Å². The minimum Gasteiger partial charge on any atom is -0.345 e. The maximum Gasteiger partial charge on any atom is 0.271 e. The Hall–Kier alpha value is -4.33. The Balaban J connectivity index is 1.51. The molecule has 2 saturated heterocycles. The molecule has 0 aliphatic carbocycles. The Kier molecular flexibility index (Phi) is 12.5. The summed E-state index contributed by atoms with van der Waals surface area (Å²) < 4.78 is 0. The summed E-state index contributed by atoms with van der Waals surface area (Å²) in [5.41, 5.74) is 0.925. The smallest absolute Gasteiger partial charge is 0.271 e. The molecule has 2 bridgehead atoms. The van der Waals surface area contributed by atoms with Crippen molar-refractivity contribution in [2.45, 2.75) is 116 Å². The van der Waals surface area contributed by atoms with E-state index in [1.807, 2.05) is 58.0 Å². The molecule has 2 aromatic rings. The molecule has 3 aliphatic heterocycles. The summed E-state index contributed by atoms with van der Waals surface area (Å²) in [5.74, 6) is -2.67. The predicted molar refractivity (Wildman–Crippen MR) is 192 cm³/mol. The van der Waals surface area contributed by atoms with Crippen LogP contribution in [0.3, 0.4) is 0 Å². The van der Waals surface area contributed by atoms with Crippen molar-refractivity contribution < 1.29 is 28.8 Å². The predicted octanol–water partition coefficient (Wildman–Crippen LogP) is 2.72. The van der Waals surface area contributed by atoms with Crippen molar-refractivity contribution in [3.05, 3.63) is 52.0 Å². The fourth-order valence-electron chi connectivity index (χ4n) is 7.11. The molecule has 6 amide bonds. The Bertz CT molecular complexity index is 1600. The van der Waals surface area contributed by atoms with Crippen molar-refractivity contribution in [1.29, 1.82) is 0 Å². The Labute approximate surface area is 303 Å². The normalized spacial score (nSPS) is 27.6. The van der Waals surface area contributed by atoms with Gasteiger partial charge in [0.2, 0.25) is 29.5 Å². The van der Waals surface area contributed by atoms with E-state index in [1.165, 1.54) is 23.2 Å². The SMILES string of the molecule is CC[C@H](C)[C@@H]1NC(=O)[C@@H]2CCCN2C(=O)[C@H](Cc2ccccc2)NC(=O)[C@H](C)NC(=O)c2csc(n2)[C@H](CC(C)C)NC(=O)[C@@H]2CCCN2C1=O. The van der Waals surface area contributed by atoms with Crippen LogP contribution in [0.25, 0.3) is 0 Å². The second kappa shape index (κ2) is 16.8. The van der Waals surface area contributed by atoms with Gasteiger partial charge in [-0.1, -0.05) is 64.4 Å². The molecule has 0 saturated carbocycles. The number of aromatic nitrogens is 1. The van der Waals surface area contributed by atoms with E-state index in [2.05, 4.69) is 26.3 Å². The van der Waals surface area contributed by atoms with Crippen LogP contribution in [0.5, 0.6) is 0 Å². The lowest BCUT2D eigenvalue weighted by atomic mass is 9.96. The zero-order valence-electron chi connectivity index (χ0n) is 30.1. The van der Waals surface area contributed by atoms with Gasteiger partial charge in [0.15, 0.2) is 0 Å². The minimum atomic E-state index is -1.01. The first-order valence-electron chi connectivity index (χ1n) is 18.2. The molecule has 3 aliphatic rings. The third-order valence-electron chi connectivity index (χ3n) is 10.2. The molecule has 13 nitrogen and oxygen atoms in total. The zero-order valence-corrected chi connectivity index (χ0v) is 31.0. The number of amides is 6. The monoisotopic (exact) mass is 721 g/mol. The van der Waals surface area contributed by atoms with Crippen LogP contribution in [-0.2, 0) is 30.4 Å². The molecular weight excluding hydrogens is 671 g/mol. The van der Waals surface area contributed by atoms with Crippen molar-refractivity contribution in [3.63, 3.8) is 0 Å². The van der Waals surface area contributed by atoms with E-state index < -0.39 is 59.9 Å². The fraction of sp³-hybridized carbons (Fsp3) is 0.595. The molecule has 4 heterocycles. The summed E-state index contributed by atoms with van der Waals surface area (Å²) >= 11 is 1.24. The van der Waals surface area contributed by atoms with Crippen LogP contribution in [0.4, 0.5) is 0 Å². The van der Waals surface area contributed by atoms with E-state index in [0.717, 1.165) is 5.56 Å². The van der Waals surface area contributed by atoms with Crippen LogP contribution in [0.1, 0.15) is 100 Å². The topological polar surface area (TPSA) is 170 Å². The average Bonchev–Trinajstić information content (AvgIpc) is 3.90. The number of carbonyl (C=O) groups excluding carboxylic acids is 6. The first-order valence-corrected chi connectivity index (χ1v) is 19.1. The average molecular weight is 722 g/mol. The molecule has 4 N–H and O–H groups in total. The molecular formula is C37H51N7O6S. The molecule has 14 heteroatoms. The van der Waals surface area contributed by atoms with Crippen LogP contribution >= 0.6 is 11.3 Å². The molecule has 1 aromatic heterocycles. The zero-order chi connectivity index (χ0) is 36.8. The number of nitrogens with one attached hydrogen (secondary N) is 4. The lowest BCUT2D eigenvalue weighted by molar-refractivity contribution is -0.145. The summed E-state index contributed by atoms with van der Waals surface area (Å²) in [7, 11) is 0. The number of nitrogens with zero attached hydrogens (tertiary/aromatic N) is 3. The lowest BCUT2D eigenvalue weighted by Gasteiger charge is -2.34. The van der Waals surface area contributed by atoms with Gasteiger partial charge in [0, 0.05) is 24.9 Å². The number of fused-ring (bicyclic) bond motifs is 4. The van der Waals surface area contributed by atoms with Gasteiger partial charge in [-0.3, -0.25) is 28.8 Å². The maximum atomic E-state index is 14.3. The van der Waals surface area contributed by atoms with Gasteiger partial charge in [-0.25, -0.2) is 4.98 Å².